The fraction of sp³-hybridized carbons (Fsp3) is 0.154. The van der Waals surface area contributed by atoms with E-state index in [4.69, 9.17) is 16.2 Å². The van der Waals surface area contributed by atoms with Gasteiger partial charge in [-0.2, -0.15) is 0 Å². The van der Waals surface area contributed by atoms with Crippen LogP contribution in [0.25, 0.3) is 0 Å². The van der Waals surface area contributed by atoms with Gasteiger partial charge in [0.05, 0.1) is 0 Å². The Morgan fingerprint density at radius 1 is 1.16 bits per heavy atom. The molecule has 0 fully saturated rings. The minimum atomic E-state index is -0.625. The van der Waals surface area contributed by atoms with Crippen molar-refractivity contribution in [2.75, 3.05) is 11.5 Å². The molecular formula is C13H16FN3O2. The number of nitrogen functional groups attached to an aromatic ring is 2. The first-order chi connectivity index (χ1) is 9.08. The maximum atomic E-state index is 13.4. The largest absolute Gasteiger partial charge is 0.502 e. The first kappa shape index (κ1) is 14.6. The monoisotopic (exact) mass is 265 g/mol. The highest BCUT2D eigenvalue weighted by molar-refractivity contribution is 5.55. The molecule has 0 aliphatic rings. The van der Waals surface area contributed by atoms with E-state index >= 15 is 0 Å². The van der Waals surface area contributed by atoms with Gasteiger partial charge in [-0.25, -0.2) is 9.37 Å². The molecule has 0 atom stereocenters. The van der Waals surface area contributed by atoms with Crippen LogP contribution in [0.5, 0.6) is 17.2 Å². The lowest BCUT2D eigenvalue weighted by molar-refractivity contribution is 0.396. The van der Waals surface area contributed by atoms with Crippen LogP contribution in [0.15, 0.2) is 30.5 Å². The van der Waals surface area contributed by atoms with Crippen LogP contribution in [0.3, 0.4) is 0 Å². The topological polar surface area (TPSA) is 94.4 Å². The maximum absolute atomic E-state index is 13.4. The van der Waals surface area contributed by atoms with Crippen molar-refractivity contribution in [2.24, 2.45) is 0 Å². The lowest BCUT2D eigenvalue weighted by Crippen LogP contribution is -1.95. The number of nitrogens with two attached hydrogens (primary N) is 2. The van der Waals surface area contributed by atoms with Gasteiger partial charge in [-0.3, -0.25) is 0 Å². The molecule has 0 saturated heterocycles. The highest BCUT2D eigenvalue weighted by Gasteiger charge is 2.10. The zero-order valence-electron chi connectivity index (χ0n) is 10.7. The summed E-state index contributed by atoms with van der Waals surface area (Å²) < 4.78 is 18.6. The molecule has 1 heterocycles. The van der Waals surface area contributed by atoms with Crippen LogP contribution in [-0.4, -0.2) is 10.1 Å². The Labute approximate surface area is 110 Å². The molecule has 1 aromatic heterocycles. The lowest BCUT2D eigenvalue weighted by atomic mass is 10.3. The summed E-state index contributed by atoms with van der Waals surface area (Å²) in [5.41, 5.74) is 11.1. The Hall–Kier alpha value is -2.50. The number of benzene rings is 1. The highest BCUT2D eigenvalue weighted by atomic mass is 19.1. The zero-order chi connectivity index (χ0) is 14.4. The average molecular weight is 265 g/mol. The molecule has 0 unspecified atom stereocenters. The van der Waals surface area contributed by atoms with Gasteiger partial charge in [0.1, 0.15) is 0 Å². The molecular weight excluding hydrogens is 249 g/mol. The lowest BCUT2D eigenvalue weighted by Gasteiger charge is -2.09. The first-order valence-electron chi connectivity index (χ1n) is 5.74. The van der Waals surface area contributed by atoms with Gasteiger partial charge in [0.25, 0.3) is 0 Å². The first-order valence-corrected chi connectivity index (χ1v) is 5.74. The quantitative estimate of drug-likeness (QED) is 0.726. The predicted molar refractivity (Wildman–Crippen MR) is 72.5 cm³/mol. The van der Waals surface area contributed by atoms with Crippen molar-refractivity contribution in [3.05, 3.63) is 36.3 Å². The van der Waals surface area contributed by atoms with E-state index < -0.39 is 5.82 Å². The van der Waals surface area contributed by atoms with E-state index in [9.17, 15) is 9.50 Å². The number of rotatable bonds is 2. The second-order valence-corrected chi connectivity index (χ2v) is 3.33. The Kier molecular flexibility index (Phi) is 4.93. The van der Waals surface area contributed by atoms with Crippen molar-refractivity contribution in [1.29, 1.82) is 0 Å². The summed E-state index contributed by atoms with van der Waals surface area (Å²) in [5, 5.41) is 9.54. The molecule has 0 amide bonds. The van der Waals surface area contributed by atoms with Crippen LogP contribution in [0, 0.1) is 5.82 Å². The second kappa shape index (κ2) is 6.44. The Morgan fingerprint density at radius 2 is 1.84 bits per heavy atom. The smallest absolute Gasteiger partial charge is 0.201 e. The number of aromatic hydroxyl groups is 1. The molecule has 0 aliphatic heterocycles. The average Bonchev–Trinajstić information content (AvgIpc) is 2.40. The molecule has 0 bridgehead atoms. The van der Waals surface area contributed by atoms with Gasteiger partial charge in [0, 0.05) is 24.0 Å². The van der Waals surface area contributed by atoms with E-state index in [0.29, 0.717) is 0 Å². The normalized spacial score (nSPS) is 9.42. The number of hydrogen-bond acceptors (Lipinski definition) is 5. The second-order valence-electron chi connectivity index (χ2n) is 3.33. The van der Waals surface area contributed by atoms with Crippen LogP contribution < -0.4 is 16.2 Å². The minimum absolute atomic E-state index is 0.0289. The highest BCUT2D eigenvalue weighted by Crippen LogP contribution is 2.34. The standard InChI is InChI=1S/C11H10FN3O2.C2H6/c12-7-5-6(13)1-2-8(7)17-9-3-4-15-11(14)10(9)16;1-2/h1-5,16H,13H2,(H2,14,15);1-2H3. The van der Waals surface area contributed by atoms with Crippen LogP contribution in [0.4, 0.5) is 15.9 Å². The van der Waals surface area contributed by atoms with Gasteiger partial charge in [0.15, 0.2) is 23.1 Å². The summed E-state index contributed by atoms with van der Waals surface area (Å²) in [6, 6.07) is 5.35. The van der Waals surface area contributed by atoms with Gasteiger partial charge in [-0.1, -0.05) is 13.8 Å². The van der Waals surface area contributed by atoms with Crippen molar-refractivity contribution in [3.63, 3.8) is 0 Å². The van der Waals surface area contributed by atoms with Crippen molar-refractivity contribution in [3.8, 4) is 17.2 Å². The van der Waals surface area contributed by atoms with E-state index in [2.05, 4.69) is 4.98 Å². The summed E-state index contributed by atoms with van der Waals surface area (Å²) >= 11 is 0. The van der Waals surface area contributed by atoms with Crippen LogP contribution in [0.1, 0.15) is 13.8 Å². The van der Waals surface area contributed by atoms with Gasteiger partial charge in [-0.05, 0) is 12.1 Å². The number of aromatic nitrogens is 1. The molecule has 102 valence electrons. The van der Waals surface area contributed by atoms with E-state index in [0.717, 1.165) is 6.07 Å². The van der Waals surface area contributed by atoms with Gasteiger partial charge >= 0.3 is 0 Å². The third-order valence-corrected chi connectivity index (χ3v) is 2.09. The number of halogens is 1. The van der Waals surface area contributed by atoms with Crippen molar-refractivity contribution in [2.45, 2.75) is 13.8 Å². The Bertz CT molecular complexity index is 562. The SMILES string of the molecule is CC.Nc1ccc(Oc2ccnc(N)c2O)c(F)c1. The molecule has 5 N–H and O–H groups in total. The summed E-state index contributed by atoms with van der Waals surface area (Å²) in [6.07, 6.45) is 1.35. The molecule has 1 aromatic carbocycles. The Balaban J connectivity index is 0.000000861. The van der Waals surface area contributed by atoms with E-state index in [1.165, 1.54) is 24.4 Å². The third-order valence-electron chi connectivity index (χ3n) is 2.09. The predicted octanol–water partition coefficient (Wildman–Crippen LogP) is 2.91. The van der Waals surface area contributed by atoms with E-state index in [1.54, 1.807) is 0 Å². The summed E-state index contributed by atoms with van der Waals surface area (Å²) in [6.45, 7) is 4.00. The zero-order valence-corrected chi connectivity index (χ0v) is 10.7. The van der Waals surface area contributed by atoms with E-state index in [-0.39, 0.29) is 28.8 Å². The number of ether oxygens (including phenoxy) is 1. The number of anilines is 2. The molecule has 6 heteroatoms. The number of pyridine rings is 1. The molecule has 0 saturated carbocycles. The fourth-order valence-corrected chi connectivity index (χ4v) is 1.25. The molecule has 0 spiro atoms. The van der Waals surface area contributed by atoms with Gasteiger partial charge in [0.2, 0.25) is 5.75 Å². The molecule has 5 nitrogen and oxygen atoms in total. The number of hydrogen-bond donors (Lipinski definition) is 3. The molecule has 0 aliphatic carbocycles. The van der Waals surface area contributed by atoms with Crippen LogP contribution in [0.2, 0.25) is 0 Å². The third kappa shape index (κ3) is 3.48. The van der Waals surface area contributed by atoms with Gasteiger partial charge in [-0.15, -0.1) is 0 Å². The molecule has 0 radical (unpaired) electrons. The van der Waals surface area contributed by atoms with Crippen molar-refractivity contribution < 1.29 is 14.2 Å². The van der Waals surface area contributed by atoms with Crippen molar-refractivity contribution in [1.82, 2.24) is 4.98 Å². The van der Waals surface area contributed by atoms with Crippen molar-refractivity contribution >= 4 is 11.5 Å². The molecule has 2 rings (SSSR count). The van der Waals surface area contributed by atoms with Crippen LogP contribution >= 0.6 is 0 Å². The fourth-order valence-electron chi connectivity index (χ4n) is 1.25. The van der Waals surface area contributed by atoms with Crippen LogP contribution in [-0.2, 0) is 0 Å². The number of nitrogens with zero attached hydrogens (tertiary/aromatic N) is 1. The molecule has 19 heavy (non-hydrogen) atoms. The maximum Gasteiger partial charge on any atom is 0.201 e. The summed E-state index contributed by atoms with van der Waals surface area (Å²) in [4.78, 5) is 3.65. The van der Waals surface area contributed by atoms with Gasteiger partial charge < -0.3 is 21.3 Å². The summed E-state index contributed by atoms with van der Waals surface area (Å²) in [7, 11) is 0. The minimum Gasteiger partial charge on any atom is -0.502 e. The Morgan fingerprint density at radius 3 is 2.47 bits per heavy atom. The summed E-state index contributed by atoms with van der Waals surface area (Å²) in [5.74, 6) is -1.07. The molecule has 2 aromatic rings. The van der Waals surface area contributed by atoms with E-state index in [1.807, 2.05) is 13.8 Å².